The van der Waals surface area contributed by atoms with Crippen LogP contribution in [0.25, 0.3) is 0 Å². The van der Waals surface area contributed by atoms with Crippen LogP contribution in [0.5, 0.6) is 0 Å². The Morgan fingerprint density at radius 1 is 1.33 bits per heavy atom. The SMILES string of the molecule is CCOC(=O)c1nn(C2CCCCO2)cc1N(CCO[Si](C)(C)C(C)(C)C)C(C)=O. The minimum atomic E-state index is -1.95. The molecule has 0 radical (unpaired) electrons. The summed E-state index contributed by atoms with van der Waals surface area (Å²) in [5.41, 5.74) is 0.572. The van der Waals surface area contributed by atoms with Crippen LogP contribution >= 0.6 is 0 Å². The van der Waals surface area contributed by atoms with Crippen LogP contribution in [0.4, 0.5) is 5.69 Å². The number of amides is 1. The van der Waals surface area contributed by atoms with E-state index in [1.54, 1.807) is 22.7 Å². The molecule has 2 heterocycles. The van der Waals surface area contributed by atoms with Crippen molar-refractivity contribution in [3.63, 3.8) is 0 Å². The number of rotatable bonds is 8. The summed E-state index contributed by atoms with van der Waals surface area (Å²) in [6, 6.07) is 0. The van der Waals surface area contributed by atoms with Gasteiger partial charge in [-0.2, -0.15) is 5.10 Å². The van der Waals surface area contributed by atoms with Gasteiger partial charge in [-0.1, -0.05) is 20.8 Å². The van der Waals surface area contributed by atoms with Crippen LogP contribution in [0, 0.1) is 0 Å². The van der Waals surface area contributed by atoms with E-state index in [1.807, 2.05) is 0 Å². The Bertz CT molecular complexity index is 735. The fourth-order valence-corrected chi connectivity index (χ4v) is 4.09. The molecule has 8 nitrogen and oxygen atoms in total. The molecule has 30 heavy (non-hydrogen) atoms. The fourth-order valence-electron chi connectivity index (χ4n) is 3.06. The number of hydrogen-bond acceptors (Lipinski definition) is 6. The Kier molecular flexibility index (Phi) is 8.24. The van der Waals surface area contributed by atoms with E-state index in [4.69, 9.17) is 13.9 Å². The first-order valence-electron chi connectivity index (χ1n) is 10.8. The number of ether oxygens (including phenoxy) is 2. The lowest BCUT2D eigenvalue weighted by Crippen LogP contribution is -2.43. The van der Waals surface area contributed by atoms with Crippen molar-refractivity contribution < 1.29 is 23.5 Å². The lowest BCUT2D eigenvalue weighted by molar-refractivity contribution is -0.116. The summed E-state index contributed by atoms with van der Waals surface area (Å²) in [6.45, 7) is 15.7. The Balaban J connectivity index is 2.27. The minimum absolute atomic E-state index is 0.0767. The highest BCUT2D eigenvalue weighted by molar-refractivity contribution is 6.74. The van der Waals surface area contributed by atoms with Crippen molar-refractivity contribution in [3.05, 3.63) is 11.9 Å². The van der Waals surface area contributed by atoms with Gasteiger partial charge in [-0.3, -0.25) is 4.79 Å². The summed E-state index contributed by atoms with van der Waals surface area (Å²) in [5, 5.41) is 4.52. The highest BCUT2D eigenvalue weighted by atomic mass is 28.4. The molecule has 1 amide bonds. The van der Waals surface area contributed by atoms with E-state index in [2.05, 4.69) is 39.0 Å². The molecule has 1 aliphatic rings. The van der Waals surface area contributed by atoms with Crippen LogP contribution in [0.15, 0.2) is 6.20 Å². The molecule has 0 spiro atoms. The molecule has 0 saturated carbocycles. The molecule has 1 saturated heterocycles. The summed E-state index contributed by atoms with van der Waals surface area (Å²) < 4.78 is 18.9. The number of nitrogens with zero attached hydrogens (tertiary/aromatic N) is 3. The first-order chi connectivity index (χ1) is 14.0. The fraction of sp³-hybridized carbons (Fsp3) is 0.762. The number of esters is 1. The molecule has 1 aromatic heterocycles. The van der Waals surface area contributed by atoms with Gasteiger partial charge in [0.2, 0.25) is 5.91 Å². The number of carbonyl (C=O) groups excluding carboxylic acids is 2. The molecular formula is C21H37N3O5Si. The van der Waals surface area contributed by atoms with Gasteiger partial charge in [0.1, 0.15) is 6.23 Å². The van der Waals surface area contributed by atoms with Gasteiger partial charge in [0.15, 0.2) is 14.0 Å². The zero-order valence-electron chi connectivity index (χ0n) is 19.5. The second-order valence-electron chi connectivity index (χ2n) is 9.16. The highest BCUT2D eigenvalue weighted by Crippen LogP contribution is 2.36. The quantitative estimate of drug-likeness (QED) is 0.447. The van der Waals surface area contributed by atoms with Crippen LogP contribution < -0.4 is 4.90 Å². The van der Waals surface area contributed by atoms with Gasteiger partial charge in [-0.15, -0.1) is 0 Å². The zero-order valence-corrected chi connectivity index (χ0v) is 20.5. The molecule has 0 aliphatic carbocycles. The van der Waals surface area contributed by atoms with Crippen LogP contribution in [0.2, 0.25) is 18.1 Å². The van der Waals surface area contributed by atoms with Crippen LogP contribution in [-0.2, 0) is 18.7 Å². The van der Waals surface area contributed by atoms with Crippen molar-refractivity contribution in [1.82, 2.24) is 9.78 Å². The van der Waals surface area contributed by atoms with Crippen LogP contribution in [0.1, 0.15) is 70.6 Å². The summed E-state index contributed by atoms with van der Waals surface area (Å²) in [6.07, 6.45) is 4.34. The molecule has 170 valence electrons. The third kappa shape index (κ3) is 5.92. The third-order valence-corrected chi connectivity index (χ3v) is 10.4. The van der Waals surface area contributed by atoms with Crippen molar-refractivity contribution >= 4 is 25.9 Å². The third-order valence-electron chi connectivity index (χ3n) is 5.89. The van der Waals surface area contributed by atoms with E-state index in [0.717, 1.165) is 19.3 Å². The van der Waals surface area contributed by atoms with Gasteiger partial charge in [-0.25, -0.2) is 9.48 Å². The number of carbonyl (C=O) groups is 2. The van der Waals surface area contributed by atoms with Gasteiger partial charge in [0, 0.05) is 20.1 Å². The summed E-state index contributed by atoms with van der Waals surface area (Å²) >= 11 is 0. The monoisotopic (exact) mass is 439 g/mol. The van der Waals surface area contributed by atoms with Crippen molar-refractivity contribution in [1.29, 1.82) is 0 Å². The molecule has 1 unspecified atom stereocenters. The second-order valence-corrected chi connectivity index (χ2v) is 14.0. The summed E-state index contributed by atoms with van der Waals surface area (Å²) in [4.78, 5) is 26.6. The zero-order chi connectivity index (χ0) is 22.5. The number of hydrogen-bond donors (Lipinski definition) is 0. The van der Waals surface area contributed by atoms with Crippen molar-refractivity contribution in [2.45, 2.75) is 78.2 Å². The van der Waals surface area contributed by atoms with Crippen LogP contribution in [-0.4, -0.2) is 56.3 Å². The number of anilines is 1. The number of aromatic nitrogens is 2. The molecule has 0 bridgehead atoms. The van der Waals surface area contributed by atoms with E-state index in [9.17, 15) is 9.59 Å². The van der Waals surface area contributed by atoms with Gasteiger partial charge >= 0.3 is 5.97 Å². The van der Waals surface area contributed by atoms with Crippen molar-refractivity contribution in [3.8, 4) is 0 Å². The Hall–Kier alpha value is -1.71. The average Bonchev–Trinajstić information content (AvgIpc) is 3.10. The average molecular weight is 440 g/mol. The van der Waals surface area contributed by atoms with E-state index in [-0.39, 0.29) is 29.5 Å². The Morgan fingerprint density at radius 2 is 2.03 bits per heavy atom. The first kappa shape index (κ1) is 24.6. The largest absolute Gasteiger partial charge is 0.461 e. The van der Waals surface area contributed by atoms with Gasteiger partial charge in [0.25, 0.3) is 0 Å². The molecule has 1 fully saturated rings. The highest BCUT2D eigenvalue weighted by Gasteiger charge is 2.37. The summed E-state index contributed by atoms with van der Waals surface area (Å²) in [7, 11) is -1.95. The maximum Gasteiger partial charge on any atom is 0.361 e. The van der Waals surface area contributed by atoms with E-state index in [0.29, 0.717) is 25.4 Å². The first-order valence-corrected chi connectivity index (χ1v) is 13.7. The smallest absolute Gasteiger partial charge is 0.361 e. The predicted octanol–water partition coefficient (Wildman–Crippen LogP) is 4.13. The van der Waals surface area contributed by atoms with E-state index < -0.39 is 14.3 Å². The van der Waals surface area contributed by atoms with Gasteiger partial charge in [0.05, 0.1) is 25.1 Å². The summed E-state index contributed by atoms with van der Waals surface area (Å²) in [5.74, 6) is -0.720. The van der Waals surface area contributed by atoms with Crippen molar-refractivity contribution in [2.24, 2.45) is 0 Å². The molecule has 1 aromatic rings. The molecule has 0 aromatic carbocycles. The lowest BCUT2D eigenvalue weighted by Gasteiger charge is -2.36. The maximum absolute atomic E-state index is 12.6. The lowest BCUT2D eigenvalue weighted by atomic mass is 10.2. The molecular weight excluding hydrogens is 402 g/mol. The molecule has 0 N–H and O–H groups in total. The van der Waals surface area contributed by atoms with E-state index >= 15 is 0 Å². The second kappa shape index (κ2) is 10.1. The van der Waals surface area contributed by atoms with Gasteiger partial charge < -0.3 is 18.8 Å². The van der Waals surface area contributed by atoms with E-state index in [1.165, 1.54) is 6.92 Å². The van der Waals surface area contributed by atoms with Crippen molar-refractivity contribution in [2.75, 3.05) is 31.3 Å². The Morgan fingerprint density at radius 3 is 2.57 bits per heavy atom. The molecule has 2 rings (SSSR count). The maximum atomic E-state index is 12.6. The standard InChI is InChI=1S/C21H37N3O5Si/c1-8-27-20(26)19-17(15-24(22-19)18-11-9-10-13-28-18)23(16(2)25)12-14-29-30(6,7)21(3,4)5/h15,18H,8-14H2,1-7H3. The van der Waals surface area contributed by atoms with Gasteiger partial charge in [-0.05, 0) is 44.3 Å². The predicted molar refractivity (Wildman–Crippen MR) is 118 cm³/mol. The molecule has 9 heteroatoms. The van der Waals surface area contributed by atoms with Crippen LogP contribution in [0.3, 0.4) is 0 Å². The Labute approximate surface area is 181 Å². The molecule has 1 atom stereocenters. The minimum Gasteiger partial charge on any atom is -0.461 e. The topological polar surface area (TPSA) is 82.9 Å². The molecule has 1 aliphatic heterocycles. The normalized spacial score (nSPS) is 17.6.